The van der Waals surface area contributed by atoms with Crippen LogP contribution in [-0.4, -0.2) is 34.9 Å². The maximum absolute atomic E-state index is 12.7. The number of nitrogens with one attached hydrogen (secondary N) is 2. The molecule has 0 aliphatic carbocycles. The molecule has 2 N–H and O–H groups in total. The van der Waals surface area contributed by atoms with E-state index in [9.17, 15) is 9.59 Å². The summed E-state index contributed by atoms with van der Waals surface area (Å²) in [7, 11) is 0. The molecule has 1 aliphatic rings. The highest BCUT2D eigenvalue weighted by atomic mass is 32.1. The smallest absolute Gasteiger partial charge is 0.252 e. The Morgan fingerprint density at radius 3 is 2.84 bits per heavy atom. The molecule has 7 nitrogen and oxygen atoms in total. The largest absolute Gasteiger partial charge is 0.359 e. The molecule has 0 fully saturated rings. The Bertz CT molecular complexity index is 1080. The fraction of sp³-hybridized carbons (Fsp3) is 0.304. The first kappa shape index (κ1) is 21.0. The Labute approximate surface area is 185 Å². The minimum atomic E-state index is -0.215. The number of fused-ring (bicyclic) bond motifs is 1. The lowest BCUT2D eigenvalue weighted by atomic mass is 10.1. The van der Waals surface area contributed by atoms with E-state index in [1.165, 1.54) is 6.20 Å². The van der Waals surface area contributed by atoms with Crippen molar-refractivity contribution < 1.29 is 9.59 Å². The first-order valence-corrected chi connectivity index (χ1v) is 11.2. The second kappa shape index (κ2) is 9.26. The van der Waals surface area contributed by atoms with Gasteiger partial charge in [-0.15, -0.1) is 11.3 Å². The summed E-state index contributed by atoms with van der Waals surface area (Å²) < 4.78 is 0. The first-order chi connectivity index (χ1) is 15.0. The Morgan fingerprint density at radius 1 is 1.29 bits per heavy atom. The molecule has 0 radical (unpaired) electrons. The van der Waals surface area contributed by atoms with Crippen LogP contribution in [0.15, 0.2) is 48.0 Å². The van der Waals surface area contributed by atoms with E-state index < -0.39 is 0 Å². The Hall–Kier alpha value is -3.26. The lowest BCUT2D eigenvalue weighted by Gasteiger charge is -2.29. The number of benzene rings is 1. The van der Waals surface area contributed by atoms with Crippen molar-refractivity contribution in [2.24, 2.45) is 0 Å². The van der Waals surface area contributed by atoms with Crippen molar-refractivity contribution in [3.63, 3.8) is 0 Å². The quantitative estimate of drug-likeness (QED) is 0.592. The molecule has 1 aromatic carbocycles. The van der Waals surface area contributed by atoms with Crippen LogP contribution in [0.3, 0.4) is 0 Å². The van der Waals surface area contributed by atoms with E-state index in [4.69, 9.17) is 0 Å². The van der Waals surface area contributed by atoms with Gasteiger partial charge in [0.25, 0.3) is 5.91 Å². The summed E-state index contributed by atoms with van der Waals surface area (Å²) in [5.74, 6) is 0.744. The Balaban J connectivity index is 1.44. The molecule has 3 aromatic rings. The fourth-order valence-electron chi connectivity index (χ4n) is 3.36. The van der Waals surface area contributed by atoms with Crippen molar-refractivity contribution in [2.45, 2.75) is 32.7 Å². The number of anilines is 2. The minimum Gasteiger partial charge on any atom is -0.359 e. The number of nitrogens with zero attached hydrogens (tertiary/aromatic N) is 3. The third kappa shape index (κ3) is 4.91. The van der Waals surface area contributed by atoms with Gasteiger partial charge < -0.3 is 15.5 Å². The lowest BCUT2D eigenvalue weighted by Crippen LogP contribution is -2.40. The molecule has 1 aliphatic heterocycles. The number of carbonyl (C=O) groups is 2. The molecular formula is C23H25N5O2S. The molecule has 0 saturated carbocycles. The van der Waals surface area contributed by atoms with Crippen molar-refractivity contribution in [3.8, 4) is 0 Å². The summed E-state index contributed by atoms with van der Waals surface area (Å²) in [5.41, 5.74) is 3.05. The van der Waals surface area contributed by atoms with E-state index >= 15 is 0 Å². The molecule has 0 saturated heterocycles. The minimum absolute atomic E-state index is 0.0554. The standard InChI is InChI=1S/C23H25N5O2S/c1-15(2)23-27-18(14-31-23)8-9-24-22(30)17-10-19-21(25-11-17)26-12-20(29)28(19)13-16-6-4-3-5-7-16/h3-7,10-11,14-15H,8-9,12-13H2,1-2H3,(H,24,30)(H,25,26). The van der Waals surface area contributed by atoms with Crippen LogP contribution in [0.4, 0.5) is 11.5 Å². The predicted molar refractivity (Wildman–Crippen MR) is 123 cm³/mol. The molecule has 4 rings (SSSR count). The van der Waals surface area contributed by atoms with Crippen LogP contribution in [0.2, 0.25) is 0 Å². The lowest BCUT2D eigenvalue weighted by molar-refractivity contribution is -0.117. The molecule has 3 heterocycles. The van der Waals surface area contributed by atoms with E-state index in [2.05, 4.69) is 34.4 Å². The van der Waals surface area contributed by atoms with Crippen LogP contribution in [0.5, 0.6) is 0 Å². The van der Waals surface area contributed by atoms with Crippen molar-refractivity contribution in [1.82, 2.24) is 15.3 Å². The number of rotatable bonds is 7. The SMILES string of the molecule is CC(C)c1nc(CCNC(=O)c2cnc3c(c2)N(Cc2ccccc2)C(=O)CN3)cs1. The van der Waals surface area contributed by atoms with Crippen LogP contribution in [0, 0.1) is 0 Å². The van der Waals surface area contributed by atoms with E-state index in [1.54, 1.807) is 22.3 Å². The zero-order valence-corrected chi connectivity index (χ0v) is 18.4. The van der Waals surface area contributed by atoms with Gasteiger partial charge in [0, 0.05) is 30.5 Å². The highest BCUT2D eigenvalue weighted by Crippen LogP contribution is 2.29. The second-order valence-electron chi connectivity index (χ2n) is 7.75. The van der Waals surface area contributed by atoms with E-state index in [0.29, 0.717) is 42.5 Å². The zero-order valence-electron chi connectivity index (χ0n) is 17.6. The number of pyridine rings is 1. The van der Waals surface area contributed by atoms with Gasteiger partial charge in [0.1, 0.15) is 0 Å². The number of hydrogen-bond donors (Lipinski definition) is 2. The Morgan fingerprint density at radius 2 is 2.10 bits per heavy atom. The van der Waals surface area contributed by atoms with Crippen molar-refractivity contribution >= 4 is 34.7 Å². The van der Waals surface area contributed by atoms with Crippen molar-refractivity contribution in [1.29, 1.82) is 0 Å². The van der Waals surface area contributed by atoms with Gasteiger partial charge in [-0.3, -0.25) is 9.59 Å². The van der Waals surface area contributed by atoms with Gasteiger partial charge in [-0.25, -0.2) is 9.97 Å². The van der Waals surface area contributed by atoms with Gasteiger partial charge in [0.15, 0.2) is 5.82 Å². The van der Waals surface area contributed by atoms with E-state index in [-0.39, 0.29) is 18.4 Å². The topological polar surface area (TPSA) is 87.2 Å². The number of thiazole rings is 1. The Kier molecular flexibility index (Phi) is 6.27. The van der Waals surface area contributed by atoms with Gasteiger partial charge in [0.2, 0.25) is 5.91 Å². The van der Waals surface area contributed by atoms with E-state index in [0.717, 1.165) is 16.3 Å². The summed E-state index contributed by atoms with van der Waals surface area (Å²) in [6.07, 6.45) is 2.21. The molecule has 0 atom stereocenters. The number of amides is 2. The van der Waals surface area contributed by atoms with Gasteiger partial charge in [0.05, 0.1) is 35.0 Å². The van der Waals surface area contributed by atoms with Crippen LogP contribution < -0.4 is 15.5 Å². The first-order valence-electron chi connectivity index (χ1n) is 10.3. The van der Waals surface area contributed by atoms with Crippen molar-refractivity contribution in [3.05, 3.63) is 69.8 Å². The van der Waals surface area contributed by atoms with Gasteiger partial charge in [-0.05, 0) is 11.6 Å². The predicted octanol–water partition coefficient (Wildman–Crippen LogP) is 3.59. The zero-order chi connectivity index (χ0) is 21.8. The fourth-order valence-corrected chi connectivity index (χ4v) is 4.23. The highest BCUT2D eigenvalue weighted by Gasteiger charge is 2.26. The molecule has 0 bridgehead atoms. The number of aromatic nitrogens is 2. The second-order valence-corrected chi connectivity index (χ2v) is 8.64. The third-order valence-corrected chi connectivity index (χ3v) is 6.24. The van der Waals surface area contributed by atoms with E-state index in [1.807, 2.05) is 35.7 Å². The highest BCUT2D eigenvalue weighted by molar-refractivity contribution is 7.09. The summed E-state index contributed by atoms with van der Waals surface area (Å²) >= 11 is 1.65. The maximum Gasteiger partial charge on any atom is 0.252 e. The molecule has 0 unspecified atom stereocenters. The maximum atomic E-state index is 12.7. The van der Waals surface area contributed by atoms with Crippen LogP contribution in [-0.2, 0) is 17.8 Å². The van der Waals surface area contributed by atoms with Gasteiger partial charge in [-0.2, -0.15) is 0 Å². The van der Waals surface area contributed by atoms with Crippen LogP contribution in [0.1, 0.15) is 46.4 Å². The summed E-state index contributed by atoms with van der Waals surface area (Å²) in [5, 5.41) is 9.11. The molecular weight excluding hydrogens is 410 g/mol. The van der Waals surface area contributed by atoms with Gasteiger partial charge >= 0.3 is 0 Å². The normalized spacial score (nSPS) is 13.1. The monoisotopic (exact) mass is 435 g/mol. The number of hydrogen-bond acceptors (Lipinski definition) is 6. The van der Waals surface area contributed by atoms with Gasteiger partial charge in [-0.1, -0.05) is 44.2 Å². The molecule has 2 aromatic heterocycles. The summed E-state index contributed by atoms with van der Waals surface area (Å²) in [6.45, 7) is 5.35. The molecule has 2 amide bonds. The summed E-state index contributed by atoms with van der Waals surface area (Å²) in [6, 6.07) is 11.5. The van der Waals surface area contributed by atoms with Crippen LogP contribution in [0.25, 0.3) is 0 Å². The van der Waals surface area contributed by atoms with Crippen molar-refractivity contribution in [2.75, 3.05) is 23.3 Å². The molecule has 160 valence electrons. The third-order valence-electron chi connectivity index (χ3n) is 5.04. The average Bonchev–Trinajstić information content (AvgIpc) is 3.25. The summed E-state index contributed by atoms with van der Waals surface area (Å²) in [4.78, 5) is 35.9. The molecule has 0 spiro atoms. The average molecular weight is 436 g/mol. The molecule has 31 heavy (non-hydrogen) atoms. The molecule has 8 heteroatoms. The van der Waals surface area contributed by atoms with Crippen LogP contribution >= 0.6 is 11.3 Å². The number of carbonyl (C=O) groups excluding carboxylic acids is 2.